The van der Waals surface area contributed by atoms with Crippen LogP contribution in [-0.2, 0) is 11.2 Å². The van der Waals surface area contributed by atoms with Crippen molar-refractivity contribution >= 4 is 11.7 Å². The summed E-state index contributed by atoms with van der Waals surface area (Å²) in [6.45, 7) is 1.72. The largest absolute Gasteiger partial charge is 0.481 e. The molecule has 2 saturated carbocycles. The maximum absolute atomic E-state index is 11.9. The van der Waals surface area contributed by atoms with Gasteiger partial charge >= 0.3 is 5.97 Å². The summed E-state index contributed by atoms with van der Waals surface area (Å²) in [4.78, 5) is 22.6. The van der Waals surface area contributed by atoms with E-state index in [1.807, 2.05) is 6.07 Å². The number of carbonyl (C=O) groups is 1. The highest BCUT2D eigenvalue weighted by Crippen LogP contribution is 2.57. The van der Waals surface area contributed by atoms with Crippen LogP contribution in [0.4, 0.5) is 5.69 Å². The molecule has 0 saturated heterocycles. The first-order valence-corrected chi connectivity index (χ1v) is 7.40. The highest BCUT2D eigenvalue weighted by atomic mass is 16.6. The molecule has 0 radical (unpaired) electrons. The van der Waals surface area contributed by atoms with E-state index in [-0.39, 0.29) is 11.6 Å². The highest BCUT2D eigenvalue weighted by molar-refractivity contribution is 5.76. The zero-order valence-electron chi connectivity index (χ0n) is 12.0. The smallest absolute Gasteiger partial charge is 0.310 e. The van der Waals surface area contributed by atoms with E-state index in [1.54, 1.807) is 13.0 Å². The Balaban J connectivity index is 1.97. The Kier molecular flexibility index (Phi) is 3.23. The quantitative estimate of drug-likeness (QED) is 0.681. The minimum atomic E-state index is -0.736. The van der Waals surface area contributed by atoms with Crippen LogP contribution in [0.5, 0.6) is 0 Å². The molecule has 3 unspecified atom stereocenters. The topological polar surface area (TPSA) is 80.4 Å². The van der Waals surface area contributed by atoms with Crippen LogP contribution in [0.25, 0.3) is 0 Å². The Bertz CT molecular complexity index is 612. The summed E-state index contributed by atoms with van der Waals surface area (Å²) in [5.41, 5.74) is 0.768. The van der Waals surface area contributed by atoms with Gasteiger partial charge in [-0.3, -0.25) is 14.9 Å². The van der Waals surface area contributed by atoms with Crippen molar-refractivity contribution in [1.82, 2.24) is 0 Å². The van der Waals surface area contributed by atoms with Crippen LogP contribution in [0.1, 0.15) is 36.8 Å². The molecule has 3 atom stereocenters. The van der Waals surface area contributed by atoms with Crippen molar-refractivity contribution in [2.24, 2.45) is 17.3 Å². The van der Waals surface area contributed by atoms with Crippen molar-refractivity contribution in [2.75, 3.05) is 0 Å². The Morgan fingerprint density at radius 1 is 1.48 bits per heavy atom. The summed E-state index contributed by atoms with van der Waals surface area (Å²) in [7, 11) is 0. The van der Waals surface area contributed by atoms with Gasteiger partial charge in [0.15, 0.2) is 0 Å². The van der Waals surface area contributed by atoms with E-state index in [2.05, 4.69) is 0 Å². The molecule has 1 aromatic carbocycles. The predicted molar refractivity (Wildman–Crippen MR) is 77.1 cm³/mol. The van der Waals surface area contributed by atoms with Crippen molar-refractivity contribution in [2.45, 2.75) is 39.0 Å². The second-order valence-electron chi connectivity index (χ2n) is 6.54. The fourth-order valence-corrected chi connectivity index (χ4v) is 4.40. The average Bonchev–Trinajstić information content (AvgIpc) is 3.01. The molecule has 1 aromatic rings. The first kappa shape index (κ1) is 14.0. The van der Waals surface area contributed by atoms with Crippen LogP contribution >= 0.6 is 0 Å². The second kappa shape index (κ2) is 4.83. The number of hydrogen-bond acceptors (Lipinski definition) is 3. The number of nitrogens with zero attached hydrogens (tertiary/aromatic N) is 1. The third kappa shape index (κ3) is 2.11. The lowest BCUT2D eigenvalue weighted by Crippen LogP contribution is -2.38. The van der Waals surface area contributed by atoms with Crippen LogP contribution in [0.3, 0.4) is 0 Å². The van der Waals surface area contributed by atoms with Crippen molar-refractivity contribution in [3.05, 3.63) is 39.4 Å². The fraction of sp³-hybridized carbons (Fsp3) is 0.562. The van der Waals surface area contributed by atoms with Gasteiger partial charge in [0.25, 0.3) is 5.69 Å². The number of carboxylic acids is 1. The number of carboxylic acid groups (broad SMARTS) is 1. The van der Waals surface area contributed by atoms with E-state index in [1.165, 1.54) is 6.07 Å². The normalized spacial score (nSPS) is 30.5. The van der Waals surface area contributed by atoms with Gasteiger partial charge in [0.05, 0.1) is 10.3 Å². The van der Waals surface area contributed by atoms with Gasteiger partial charge in [-0.25, -0.2) is 0 Å². The Morgan fingerprint density at radius 2 is 2.24 bits per heavy atom. The SMILES string of the molecule is Cc1c(CC2(C(=O)O)CC3CCC2C3)cccc1[N+](=O)[O-]. The van der Waals surface area contributed by atoms with Gasteiger partial charge in [-0.15, -0.1) is 0 Å². The maximum Gasteiger partial charge on any atom is 0.310 e. The molecule has 112 valence electrons. The molecule has 2 aliphatic rings. The fourth-order valence-electron chi connectivity index (χ4n) is 4.40. The molecule has 3 rings (SSSR count). The van der Waals surface area contributed by atoms with E-state index in [0.717, 1.165) is 31.2 Å². The van der Waals surface area contributed by atoms with Crippen molar-refractivity contribution < 1.29 is 14.8 Å². The molecular weight excluding hydrogens is 270 g/mol. The van der Waals surface area contributed by atoms with Crippen LogP contribution in [0, 0.1) is 34.3 Å². The first-order chi connectivity index (χ1) is 9.94. The van der Waals surface area contributed by atoms with Crippen LogP contribution in [-0.4, -0.2) is 16.0 Å². The van der Waals surface area contributed by atoms with Gasteiger partial charge in [-0.05, 0) is 50.0 Å². The van der Waals surface area contributed by atoms with Crippen LogP contribution in [0.15, 0.2) is 18.2 Å². The third-order valence-corrected chi connectivity index (χ3v) is 5.52. The monoisotopic (exact) mass is 289 g/mol. The summed E-state index contributed by atoms with van der Waals surface area (Å²) in [6.07, 6.45) is 4.24. The third-order valence-electron chi connectivity index (χ3n) is 5.52. The number of hydrogen-bond donors (Lipinski definition) is 1. The van der Waals surface area contributed by atoms with Gasteiger partial charge in [-0.2, -0.15) is 0 Å². The molecule has 5 heteroatoms. The molecule has 0 amide bonds. The number of nitro groups is 1. The lowest BCUT2D eigenvalue weighted by Gasteiger charge is -2.34. The summed E-state index contributed by atoms with van der Waals surface area (Å²) >= 11 is 0. The summed E-state index contributed by atoms with van der Waals surface area (Å²) < 4.78 is 0. The molecule has 1 N–H and O–H groups in total. The molecule has 0 aliphatic heterocycles. The molecular formula is C16H19NO4. The Hall–Kier alpha value is -1.91. The standard InChI is InChI=1S/C16H19NO4/c1-10-12(3-2-4-14(10)17(20)21)9-16(15(18)19)8-11-5-6-13(16)7-11/h2-4,11,13H,5-9H2,1H3,(H,18,19). The van der Waals surface area contributed by atoms with Crippen molar-refractivity contribution in [3.63, 3.8) is 0 Å². The van der Waals surface area contributed by atoms with Crippen molar-refractivity contribution in [3.8, 4) is 0 Å². The van der Waals surface area contributed by atoms with Crippen LogP contribution in [0.2, 0.25) is 0 Å². The molecule has 2 aliphatic carbocycles. The van der Waals surface area contributed by atoms with Crippen LogP contribution < -0.4 is 0 Å². The minimum absolute atomic E-state index is 0.0798. The molecule has 0 heterocycles. The molecule has 21 heavy (non-hydrogen) atoms. The lowest BCUT2D eigenvalue weighted by molar-refractivity contribution is -0.385. The molecule has 2 fully saturated rings. The summed E-state index contributed by atoms with van der Waals surface area (Å²) in [6, 6.07) is 4.97. The molecule has 2 bridgehead atoms. The predicted octanol–water partition coefficient (Wildman–Crippen LogP) is 3.34. The van der Waals surface area contributed by atoms with Gasteiger partial charge in [0.2, 0.25) is 0 Å². The number of benzene rings is 1. The molecule has 5 nitrogen and oxygen atoms in total. The number of fused-ring (bicyclic) bond motifs is 2. The summed E-state index contributed by atoms with van der Waals surface area (Å²) in [5, 5.41) is 20.8. The van der Waals surface area contributed by atoms with Gasteiger partial charge in [-0.1, -0.05) is 18.6 Å². The van der Waals surface area contributed by atoms with E-state index < -0.39 is 16.3 Å². The Morgan fingerprint density at radius 3 is 2.76 bits per heavy atom. The zero-order chi connectivity index (χ0) is 15.2. The molecule has 0 aromatic heterocycles. The summed E-state index contributed by atoms with van der Waals surface area (Å²) in [5.74, 6) is 0.00405. The van der Waals surface area contributed by atoms with Gasteiger partial charge < -0.3 is 5.11 Å². The van der Waals surface area contributed by atoms with E-state index in [4.69, 9.17) is 0 Å². The second-order valence-corrected chi connectivity index (χ2v) is 6.54. The number of aliphatic carboxylic acids is 1. The maximum atomic E-state index is 11.9. The zero-order valence-corrected chi connectivity index (χ0v) is 12.0. The number of rotatable bonds is 4. The van der Waals surface area contributed by atoms with Crippen molar-refractivity contribution in [1.29, 1.82) is 0 Å². The highest BCUT2D eigenvalue weighted by Gasteiger charge is 2.55. The van der Waals surface area contributed by atoms with E-state index >= 15 is 0 Å². The first-order valence-electron chi connectivity index (χ1n) is 7.40. The minimum Gasteiger partial charge on any atom is -0.481 e. The Labute approximate surface area is 123 Å². The number of nitro benzene ring substituents is 1. The van der Waals surface area contributed by atoms with Gasteiger partial charge in [0, 0.05) is 11.6 Å². The van der Waals surface area contributed by atoms with Gasteiger partial charge in [0.1, 0.15) is 0 Å². The average molecular weight is 289 g/mol. The van der Waals surface area contributed by atoms with E-state index in [0.29, 0.717) is 17.9 Å². The molecule has 0 spiro atoms. The lowest BCUT2D eigenvalue weighted by atomic mass is 9.69. The van der Waals surface area contributed by atoms with E-state index in [9.17, 15) is 20.0 Å².